The van der Waals surface area contributed by atoms with Crippen molar-refractivity contribution in [2.45, 2.75) is 161 Å². The van der Waals surface area contributed by atoms with Gasteiger partial charge in [0.15, 0.2) is 0 Å². The summed E-state index contributed by atoms with van der Waals surface area (Å²) in [5.74, 6) is -0.203. The molecule has 0 bridgehead atoms. The maximum Gasteiger partial charge on any atom is 0.472 e. The van der Waals surface area contributed by atoms with E-state index in [9.17, 15) is 19.4 Å². The largest absolute Gasteiger partial charge is 0.472 e. The monoisotopic (exact) mass is 686 g/mol. The molecule has 0 aliphatic carbocycles. The number of hydrogen-bond donors (Lipinski definition) is 3. The van der Waals surface area contributed by atoms with Crippen LogP contribution >= 0.6 is 7.82 Å². The first-order chi connectivity index (χ1) is 22.5. The van der Waals surface area contributed by atoms with Crippen LogP contribution in [0.1, 0.15) is 149 Å². The van der Waals surface area contributed by atoms with E-state index in [-0.39, 0.29) is 19.1 Å². The quantitative estimate of drug-likeness (QED) is 0.0275. The van der Waals surface area contributed by atoms with Crippen molar-refractivity contribution in [3.05, 3.63) is 36.5 Å². The van der Waals surface area contributed by atoms with Crippen molar-refractivity contribution in [2.24, 2.45) is 0 Å². The number of nitrogens with zero attached hydrogens (tertiary/aromatic N) is 1. The van der Waals surface area contributed by atoms with E-state index >= 15 is 0 Å². The molecule has 47 heavy (non-hydrogen) atoms. The van der Waals surface area contributed by atoms with Crippen molar-refractivity contribution in [3.8, 4) is 0 Å². The minimum absolute atomic E-state index is 0.0535. The second-order valence-corrected chi connectivity index (χ2v) is 15.4. The molecular weight excluding hydrogens is 611 g/mol. The number of likely N-dealkylation sites (N-methyl/N-ethyl adjacent to an activating group) is 1. The van der Waals surface area contributed by atoms with Gasteiger partial charge in [0, 0.05) is 6.42 Å². The lowest BCUT2D eigenvalue weighted by Crippen LogP contribution is -2.45. The third-order valence-corrected chi connectivity index (χ3v) is 9.07. The van der Waals surface area contributed by atoms with Crippen LogP contribution in [-0.2, 0) is 18.4 Å². The number of rotatable bonds is 33. The van der Waals surface area contributed by atoms with Crippen molar-refractivity contribution in [3.63, 3.8) is 0 Å². The molecule has 0 aromatic heterocycles. The van der Waals surface area contributed by atoms with Gasteiger partial charge in [-0.1, -0.05) is 134 Å². The van der Waals surface area contributed by atoms with Crippen LogP contribution < -0.4 is 5.32 Å². The lowest BCUT2D eigenvalue weighted by atomic mass is 10.1. The zero-order chi connectivity index (χ0) is 35.1. The summed E-state index contributed by atoms with van der Waals surface area (Å²) in [6, 6.07) is -0.862. The van der Waals surface area contributed by atoms with Crippen LogP contribution in [0.4, 0.5) is 0 Å². The maximum atomic E-state index is 12.6. The summed E-state index contributed by atoms with van der Waals surface area (Å²) in [6.07, 6.45) is 35.3. The fourth-order valence-electron chi connectivity index (χ4n) is 5.01. The normalized spacial score (nSPS) is 15.1. The number of phosphoric ester groups is 1. The molecule has 0 aromatic carbocycles. The minimum atomic E-state index is -4.33. The molecule has 0 aromatic rings. The van der Waals surface area contributed by atoms with Gasteiger partial charge >= 0.3 is 7.82 Å². The Hall–Kier alpha value is -1.28. The lowest BCUT2D eigenvalue weighted by molar-refractivity contribution is -0.870. The van der Waals surface area contributed by atoms with Gasteiger partial charge in [0.2, 0.25) is 5.91 Å². The Morgan fingerprint density at radius 2 is 1.17 bits per heavy atom. The number of carbonyl (C=O) groups is 1. The molecule has 1 amide bonds. The average Bonchev–Trinajstić information content (AvgIpc) is 3.01. The third kappa shape index (κ3) is 33.0. The molecule has 0 heterocycles. The van der Waals surface area contributed by atoms with Crippen LogP contribution in [0.15, 0.2) is 36.5 Å². The Kier molecular flexibility index (Phi) is 29.9. The Labute approximate surface area is 289 Å². The van der Waals surface area contributed by atoms with Crippen molar-refractivity contribution >= 4 is 13.7 Å². The molecule has 0 aliphatic heterocycles. The lowest BCUT2D eigenvalue weighted by Gasteiger charge is -2.25. The number of hydrogen-bond acceptors (Lipinski definition) is 5. The van der Waals surface area contributed by atoms with E-state index in [2.05, 4.69) is 43.5 Å². The Morgan fingerprint density at radius 1 is 0.702 bits per heavy atom. The van der Waals surface area contributed by atoms with Crippen LogP contribution in [-0.4, -0.2) is 73.4 Å². The number of aliphatic hydroxyl groups is 1. The second kappa shape index (κ2) is 30.8. The highest BCUT2D eigenvalue weighted by atomic mass is 31.2. The highest BCUT2D eigenvalue weighted by Crippen LogP contribution is 2.43. The summed E-state index contributed by atoms with van der Waals surface area (Å²) in [4.78, 5) is 22.8. The molecule has 0 saturated carbocycles. The van der Waals surface area contributed by atoms with Crippen molar-refractivity contribution in [1.82, 2.24) is 5.32 Å². The van der Waals surface area contributed by atoms with Gasteiger partial charge in [0.05, 0.1) is 39.9 Å². The fourth-order valence-corrected chi connectivity index (χ4v) is 5.75. The number of nitrogens with one attached hydrogen (secondary N) is 1. The van der Waals surface area contributed by atoms with E-state index in [1.807, 2.05) is 27.2 Å². The Bertz CT molecular complexity index is 871. The van der Waals surface area contributed by atoms with Crippen LogP contribution in [0.5, 0.6) is 0 Å². The van der Waals surface area contributed by atoms with Gasteiger partial charge in [-0.15, -0.1) is 0 Å². The SMILES string of the molecule is CCCCCCCCCCC/C=C/CC/C=C/CC/C=C/C(O)C(COP(=O)(O)OCC[N+](C)(C)C)NC(=O)CCCCCCCC. The average molecular weight is 686 g/mol. The number of unbranched alkanes of at least 4 members (excludes halogenated alkanes) is 16. The molecule has 0 saturated heterocycles. The van der Waals surface area contributed by atoms with E-state index < -0.39 is 20.0 Å². The van der Waals surface area contributed by atoms with Gasteiger partial charge in [-0.25, -0.2) is 4.57 Å². The first-order valence-electron chi connectivity index (χ1n) is 18.9. The topological polar surface area (TPSA) is 105 Å². The third-order valence-electron chi connectivity index (χ3n) is 8.09. The summed E-state index contributed by atoms with van der Waals surface area (Å²) in [6.45, 7) is 4.69. The van der Waals surface area contributed by atoms with Crippen molar-refractivity contribution in [1.29, 1.82) is 0 Å². The predicted molar refractivity (Wildman–Crippen MR) is 198 cm³/mol. The molecule has 276 valence electrons. The molecule has 0 aliphatic rings. The van der Waals surface area contributed by atoms with Gasteiger partial charge in [0.25, 0.3) is 0 Å². The summed E-state index contributed by atoms with van der Waals surface area (Å²) in [7, 11) is 1.54. The van der Waals surface area contributed by atoms with E-state index in [4.69, 9.17) is 9.05 Å². The summed E-state index contributed by atoms with van der Waals surface area (Å²) < 4.78 is 23.3. The van der Waals surface area contributed by atoms with Gasteiger partial charge in [-0.3, -0.25) is 13.8 Å². The molecule has 0 rings (SSSR count). The number of amides is 1. The zero-order valence-electron chi connectivity index (χ0n) is 31.0. The molecular formula is C38H74N2O6P+. The van der Waals surface area contributed by atoms with E-state index in [1.54, 1.807) is 6.08 Å². The highest BCUT2D eigenvalue weighted by Gasteiger charge is 2.27. The van der Waals surface area contributed by atoms with Gasteiger partial charge in [0.1, 0.15) is 13.2 Å². The summed E-state index contributed by atoms with van der Waals surface area (Å²) in [5.41, 5.74) is 0. The summed E-state index contributed by atoms with van der Waals surface area (Å²) in [5, 5.41) is 13.6. The van der Waals surface area contributed by atoms with Crippen molar-refractivity contribution in [2.75, 3.05) is 40.9 Å². The zero-order valence-corrected chi connectivity index (χ0v) is 31.9. The molecule has 3 atom stereocenters. The molecule has 0 spiro atoms. The van der Waals surface area contributed by atoms with Crippen LogP contribution in [0.2, 0.25) is 0 Å². The number of phosphoric acid groups is 1. The smallest absolute Gasteiger partial charge is 0.387 e. The van der Waals surface area contributed by atoms with Gasteiger partial charge in [-0.05, 0) is 44.9 Å². The van der Waals surface area contributed by atoms with E-state index in [1.165, 1.54) is 83.5 Å². The maximum absolute atomic E-state index is 12.6. The van der Waals surface area contributed by atoms with E-state index in [0.29, 0.717) is 17.4 Å². The minimum Gasteiger partial charge on any atom is -0.387 e. The van der Waals surface area contributed by atoms with Crippen LogP contribution in [0.3, 0.4) is 0 Å². The Morgan fingerprint density at radius 3 is 1.70 bits per heavy atom. The second-order valence-electron chi connectivity index (χ2n) is 13.9. The first-order valence-corrected chi connectivity index (χ1v) is 20.4. The number of aliphatic hydroxyl groups excluding tert-OH is 1. The summed E-state index contributed by atoms with van der Waals surface area (Å²) >= 11 is 0. The van der Waals surface area contributed by atoms with Crippen molar-refractivity contribution < 1.29 is 32.9 Å². The molecule has 3 N–H and O–H groups in total. The molecule has 0 radical (unpaired) electrons. The van der Waals surface area contributed by atoms with Crippen LogP contribution in [0.25, 0.3) is 0 Å². The molecule has 9 heteroatoms. The van der Waals surface area contributed by atoms with Gasteiger partial charge < -0.3 is 19.8 Å². The standard InChI is InChI=1S/C38H73N2O6P/c1-6-8-10-12-14-15-16-17-18-19-20-21-22-23-24-25-26-27-29-31-37(41)36(39-38(42)32-30-28-13-11-9-7-2)35-46-47(43,44)45-34-33-40(3,4)5/h20-21,24-25,29,31,36-37,41H,6-19,22-23,26-28,30,32-35H2,1-5H3,(H-,39,42,43,44)/p+1/b21-20+,25-24+,31-29+. The van der Waals surface area contributed by atoms with Crippen LogP contribution in [0, 0.1) is 0 Å². The number of allylic oxidation sites excluding steroid dienone is 5. The molecule has 8 nitrogen and oxygen atoms in total. The van der Waals surface area contributed by atoms with E-state index in [0.717, 1.165) is 44.9 Å². The number of quaternary nitrogens is 1. The predicted octanol–water partition coefficient (Wildman–Crippen LogP) is 9.57. The number of carbonyl (C=O) groups excluding carboxylic acids is 1. The molecule has 3 unspecified atom stereocenters. The molecule has 0 fully saturated rings. The van der Waals surface area contributed by atoms with Gasteiger partial charge in [-0.2, -0.15) is 0 Å². The fraction of sp³-hybridized carbons (Fsp3) is 0.816. The first kappa shape index (κ1) is 45.7. The Balaban J connectivity index is 4.48. The highest BCUT2D eigenvalue weighted by molar-refractivity contribution is 7.47.